The van der Waals surface area contributed by atoms with Gasteiger partial charge in [0.05, 0.1) is 5.56 Å². The Morgan fingerprint density at radius 1 is 1.27 bits per heavy atom. The first-order chi connectivity index (χ1) is 12.3. The molecule has 0 saturated carbocycles. The van der Waals surface area contributed by atoms with Crippen molar-refractivity contribution in [3.8, 4) is 0 Å². The molecule has 10 nitrogen and oxygen atoms in total. The molecular weight excluding hydrogens is 344 g/mol. The fraction of sp³-hybridized carbons (Fsp3) is 0.500. The Balaban J connectivity index is 1.80. The molecule has 1 amide bonds. The van der Waals surface area contributed by atoms with Crippen molar-refractivity contribution < 1.29 is 28.5 Å². The lowest BCUT2D eigenvalue weighted by atomic mass is 10.0. The van der Waals surface area contributed by atoms with Crippen LogP contribution in [0, 0.1) is 0 Å². The van der Waals surface area contributed by atoms with Crippen LogP contribution in [0.5, 0.6) is 0 Å². The molecule has 26 heavy (non-hydrogen) atoms. The molecule has 2 heterocycles. The second-order valence-corrected chi connectivity index (χ2v) is 6.39. The number of primary amides is 1. The standard InChI is InChI=1S/C16H18N4O6/c1-15(2)25-11-10(8-23-13(21)9-6-4-3-5-7-9)24-16(14(17)22,19-20-18)12(11)26-15/h3-7,10-12H,8H2,1-2H3,(H2,17,22)/t10-,11+,12+,16+/m1/s1. The number of hydrogen-bond acceptors (Lipinski definition) is 7. The van der Waals surface area contributed by atoms with E-state index < -0.39 is 41.7 Å². The van der Waals surface area contributed by atoms with Crippen LogP contribution in [0.3, 0.4) is 0 Å². The highest BCUT2D eigenvalue weighted by molar-refractivity contribution is 5.89. The molecule has 3 rings (SSSR count). The largest absolute Gasteiger partial charge is 0.459 e. The van der Waals surface area contributed by atoms with E-state index in [1.807, 2.05) is 0 Å². The fourth-order valence-corrected chi connectivity index (χ4v) is 3.07. The number of benzene rings is 1. The van der Waals surface area contributed by atoms with Crippen molar-refractivity contribution in [3.05, 3.63) is 46.3 Å². The van der Waals surface area contributed by atoms with Crippen LogP contribution in [0.4, 0.5) is 0 Å². The van der Waals surface area contributed by atoms with Crippen molar-refractivity contribution in [2.24, 2.45) is 10.8 Å². The number of nitrogens with zero attached hydrogens (tertiary/aromatic N) is 3. The van der Waals surface area contributed by atoms with E-state index in [2.05, 4.69) is 10.0 Å². The lowest BCUT2D eigenvalue weighted by molar-refractivity contribution is -0.210. The number of esters is 1. The second-order valence-electron chi connectivity index (χ2n) is 6.39. The Morgan fingerprint density at radius 3 is 2.58 bits per heavy atom. The quantitative estimate of drug-likeness (QED) is 0.361. The summed E-state index contributed by atoms with van der Waals surface area (Å²) >= 11 is 0. The first kappa shape index (κ1) is 18.2. The van der Waals surface area contributed by atoms with Crippen LogP contribution < -0.4 is 5.73 Å². The molecule has 1 aromatic rings. The molecule has 0 aromatic heterocycles. The van der Waals surface area contributed by atoms with Crippen molar-refractivity contribution >= 4 is 11.9 Å². The van der Waals surface area contributed by atoms with Gasteiger partial charge in [-0.2, -0.15) is 0 Å². The summed E-state index contributed by atoms with van der Waals surface area (Å²) in [5.41, 5.74) is 12.5. The van der Waals surface area contributed by atoms with Gasteiger partial charge >= 0.3 is 5.97 Å². The van der Waals surface area contributed by atoms with Gasteiger partial charge in [0, 0.05) is 4.91 Å². The molecule has 0 aliphatic carbocycles. The maximum atomic E-state index is 12.1. The van der Waals surface area contributed by atoms with Crippen molar-refractivity contribution in [1.29, 1.82) is 0 Å². The summed E-state index contributed by atoms with van der Waals surface area (Å²) in [5, 5.41) is 3.44. The van der Waals surface area contributed by atoms with Crippen molar-refractivity contribution in [1.82, 2.24) is 0 Å². The van der Waals surface area contributed by atoms with E-state index in [1.54, 1.807) is 44.2 Å². The summed E-state index contributed by atoms with van der Waals surface area (Å²) in [6, 6.07) is 8.39. The molecule has 0 bridgehead atoms. The average Bonchev–Trinajstić information content (AvgIpc) is 3.06. The van der Waals surface area contributed by atoms with Gasteiger partial charge < -0.3 is 24.7 Å². The van der Waals surface area contributed by atoms with Gasteiger partial charge in [-0.1, -0.05) is 18.2 Å². The van der Waals surface area contributed by atoms with E-state index in [0.29, 0.717) is 5.56 Å². The van der Waals surface area contributed by atoms with Crippen LogP contribution >= 0.6 is 0 Å². The third kappa shape index (κ3) is 3.11. The monoisotopic (exact) mass is 362 g/mol. The average molecular weight is 362 g/mol. The van der Waals surface area contributed by atoms with Gasteiger partial charge in [0.1, 0.15) is 24.9 Å². The van der Waals surface area contributed by atoms with Gasteiger partial charge in [0.25, 0.3) is 11.6 Å². The van der Waals surface area contributed by atoms with Crippen LogP contribution in [0.1, 0.15) is 24.2 Å². The summed E-state index contributed by atoms with van der Waals surface area (Å²) in [7, 11) is 0. The zero-order chi connectivity index (χ0) is 18.9. The van der Waals surface area contributed by atoms with E-state index in [9.17, 15) is 9.59 Å². The van der Waals surface area contributed by atoms with Crippen LogP contribution in [0.15, 0.2) is 35.4 Å². The normalized spacial score (nSPS) is 31.7. The van der Waals surface area contributed by atoms with Crippen LogP contribution in [-0.2, 0) is 23.7 Å². The molecule has 2 fully saturated rings. The van der Waals surface area contributed by atoms with E-state index in [-0.39, 0.29) is 6.61 Å². The molecule has 10 heteroatoms. The number of amides is 1. The molecule has 0 radical (unpaired) electrons. The highest BCUT2D eigenvalue weighted by Gasteiger charge is 2.66. The molecule has 0 unspecified atom stereocenters. The molecule has 2 saturated heterocycles. The molecule has 2 aliphatic rings. The number of hydrogen-bond donors (Lipinski definition) is 1. The molecule has 2 N–H and O–H groups in total. The van der Waals surface area contributed by atoms with Gasteiger partial charge in [-0.3, -0.25) is 4.79 Å². The molecule has 138 valence electrons. The minimum atomic E-state index is -2.07. The second kappa shape index (κ2) is 6.58. The first-order valence-corrected chi connectivity index (χ1v) is 7.91. The SMILES string of the molecule is CC1(C)O[C@H]2[C@@H](COC(=O)c3ccccc3)O[C@](N=[N+]=[N-])(C(N)=O)[C@H]2O1. The Hall–Kier alpha value is -2.65. The summed E-state index contributed by atoms with van der Waals surface area (Å²) in [4.78, 5) is 26.7. The maximum Gasteiger partial charge on any atom is 0.338 e. The predicted molar refractivity (Wildman–Crippen MR) is 86.5 cm³/mol. The van der Waals surface area contributed by atoms with Gasteiger partial charge in [-0.05, 0) is 36.6 Å². The number of carbonyl (C=O) groups is 2. The molecular formula is C16H18N4O6. The maximum absolute atomic E-state index is 12.1. The number of nitrogens with two attached hydrogens (primary N) is 1. The molecule has 1 aromatic carbocycles. The third-order valence-electron chi connectivity index (χ3n) is 4.15. The van der Waals surface area contributed by atoms with Crippen molar-refractivity contribution in [3.63, 3.8) is 0 Å². The van der Waals surface area contributed by atoms with Gasteiger partial charge in [0.15, 0.2) is 5.79 Å². The highest BCUT2D eigenvalue weighted by atomic mass is 16.8. The van der Waals surface area contributed by atoms with E-state index in [1.165, 1.54) is 0 Å². The van der Waals surface area contributed by atoms with E-state index in [4.69, 9.17) is 30.2 Å². The number of fused-ring (bicyclic) bond motifs is 1. The number of carbonyl (C=O) groups excluding carboxylic acids is 2. The summed E-state index contributed by atoms with van der Waals surface area (Å²) in [5.74, 6) is -2.63. The van der Waals surface area contributed by atoms with E-state index >= 15 is 0 Å². The zero-order valence-corrected chi connectivity index (χ0v) is 14.2. The highest BCUT2D eigenvalue weighted by Crippen LogP contribution is 2.45. The topological polar surface area (TPSA) is 146 Å². The van der Waals surface area contributed by atoms with Gasteiger partial charge in [-0.15, -0.1) is 0 Å². The summed E-state index contributed by atoms with van der Waals surface area (Å²) in [6.45, 7) is 3.05. The van der Waals surface area contributed by atoms with Gasteiger partial charge in [-0.25, -0.2) is 4.79 Å². The van der Waals surface area contributed by atoms with Crippen molar-refractivity contribution in [2.75, 3.05) is 6.61 Å². The third-order valence-corrected chi connectivity index (χ3v) is 4.15. The van der Waals surface area contributed by atoms with Crippen molar-refractivity contribution in [2.45, 2.75) is 43.7 Å². The lowest BCUT2D eigenvalue weighted by Crippen LogP contribution is -2.51. The smallest absolute Gasteiger partial charge is 0.338 e. The lowest BCUT2D eigenvalue weighted by Gasteiger charge is -2.28. The first-order valence-electron chi connectivity index (χ1n) is 7.91. The van der Waals surface area contributed by atoms with Gasteiger partial charge in [0.2, 0.25) is 0 Å². The Morgan fingerprint density at radius 2 is 1.96 bits per heavy atom. The zero-order valence-electron chi connectivity index (χ0n) is 14.2. The minimum Gasteiger partial charge on any atom is -0.459 e. The Kier molecular flexibility index (Phi) is 4.59. The summed E-state index contributed by atoms with van der Waals surface area (Å²) < 4.78 is 22.2. The van der Waals surface area contributed by atoms with Crippen LogP contribution in [0.2, 0.25) is 0 Å². The minimum absolute atomic E-state index is 0.232. The number of rotatable bonds is 5. The fourth-order valence-electron chi connectivity index (χ4n) is 3.07. The number of ether oxygens (including phenoxy) is 4. The predicted octanol–water partition coefficient (Wildman–Crippen LogP) is 1.25. The Bertz CT molecular complexity index is 759. The van der Waals surface area contributed by atoms with Crippen LogP contribution in [0.25, 0.3) is 10.4 Å². The molecule has 0 spiro atoms. The number of azide groups is 1. The molecule has 2 aliphatic heterocycles. The van der Waals surface area contributed by atoms with Crippen LogP contribution in [-0.4, -0.2) is 48.3 Å². The Labute approximate surface area is 148 Å². The van der Waals surface area contributed by atoms with E-state index in [0.717, 1.165) is 0 Å². The molecule has 4 atom stereocenters. The summed E-state index contributed by atoms with van der Waals surface area (Å²) in [6.07, 6.45) is -2.75.